The molecule has 566 valence electrons. The summed E-state index contributed by atoms with van der Waals surface area (Å²) in [6, 6.07) is 127. The van der Waals surface area contributed by atoms with E-state index in [0.717, 1.165) is 110 Å². The standard InChI is InChI=1S/C110H104N2O2/c1-5-9-11-17-37-88-78-108(112(92-43-25-16-26-44-92)96-66-72-102-100-46-28-30-48-105(100)110(107(102)80-96,91-41-23-15-24-42-91)74-32-34-76-114-98-69-51-82(8-4)52-70-98)89(38-18-12-10-6-2)77-103(88)87-55-53-84(54-56-87)86-59-63-94(64-60-86)111(93-61-57-85(58-62-93)83-35-19-13-20-36-83)95-65-71-101-99-45-27-29-47-104(99)109(106(101)79-95,90-39-21-14-22-40-90)73-31-33-75-113-97-67-49-81(7-3)50-68-97/h7-8,13-16,19-30,35-36,39-72,77-80H,3-6,9-12,17-18,31-34,37-38,73-76H2,1-2H3. The van der Waals surface area contributed by atoms with Crippen molar-refractivity contribution in [3.05, 3.63) is 409 Å². The van der Waals surface area contributed by atoms with Gasteiger partial charge in [-0.15, -0.1) is 0 Å². The first-order valence-electron chi connectivity index (χ1n) is 41.8. The second-order valence-corrected chi connectivity index (χ2v) is 31.1. The molecular formula is C110H104N2O2. The molecule has 0 aromatic heterocycles. The Morgan fingerprint density at radius 1 is 0.281 bits per heavy atom. The lowest BCUT2D eigenvalue weighted by Gasteiger charge is -2.35. The molecule has 0 spiro atoms. The third kappa shape index (κ3) is 15.9. The predicted octanol–water partition coefficient (Wildman–Crippen LogP) is 30.3. The molecule has 2 atom stereocenters. The zero-order chi connectivity index (χ0) is 77.5. The predicted molar refractivity (Wildman–Crippen MR) is 483 cm³/mol. The van der Waals surface area contributed by atoms with Crippen molar-refractivity contribution in [2.45, 2.75) is 127 Å². The number of hydrogen-bond donors (Lipinski definition) is 0. The highest BCUT2D eigenvalue weighted by atomic mass is 16.5. The zero-order valence-corrected chi connectivity index (χ0v) is 66.3. The summed E-state index contributed by atoms with van der Waals surface area (Å²) in [7, 11) is 0. The number of benzene rings is 14. The van der Waals surface area contributed by atoms with Gasteiger partial charge in [0.1, 0.15) is 11.5 Å². The molecule has 16 rings (SSSR count). The van der Waals surface area contributed by atoms with Crippen molar-refractivity contribution >= 4 is 46.3 Å². The maximum absolute atomic E-state index is 6.40. The van der Waals surface area contributed by atoms with Gasteiger partial charge in [-0.3, -0.25) is 0 Å². The van der Waals surface area contributed by atoms with Crippen LogP contribution in [-0.4, -0.2) is 13.2 Å². The molecule has 0 amide bonds. The fraction of sp³-hybridized carbons (Fsp3) is 0.200. The number of nitrogens with zero attached hydrogens (tertiary/aromatic N) is 2. The molecule has 0 saturated carbocycles. The molecule has 0 N–H and O–H groups in total. The minimum absolute atomic E-state index is 0.384. The molecule has 2 aliphatic carbocycles. The molecule has 14 aromatic rings. The van der Waals surface area contributed by atoms with Crippen LogP contribution in [0.1, 0.15) is 159 Å². The van der Waals surface area contributed by atoms with Gasteiger partial charge in [-0.05, 0) is 273 Å². The smallest absolute Gasteiger partial charge is 0.119 e. The highest BCUT2D eigenvalue weighted by Gasteiger charge is 2.46. The second kappa shape index (κ2) is 35.6. The summed E-state index contributed by atoms with van der Waals surface area (Å²) in [6.07, 6.45) is 20.8. The van der Waals surface area contributed by atoms with Gasteiger partial charge in [-0.2, -0.15) is 0 Å². The molecule has 0 radical (unpaired) electrons. The van der Waals surface area contributed by atoms with Crippen LogP contribution >= 0.6 is 0 Å². The van der Waals surface area contributed by atoms with Gasteiger partial charge in [0.05, 0.1) is 13.2 Å². The summed E-state index contributed by atoms with van der Waals surface area (Å²) in [5, 5.41) is 0. The summed E-state index contributed by atoms with van der Waals surface area (Å²) in [5.41, 5.74) is 31.7. The molecule has 2 unspecified atom stereocenters. The largest absolute Gasteiger partial charge is 0.494 e. The monoisotopic (exact) mass is 1480 g/mol. The number of fused-ring (bicyclic) bond motifs is 6. The molecule has 4 heteroatoms. The van der Waals surface area contributed by atoms with Gasteiger partial charge in [-0.1, -0.05) is 320 Å². The Kier molecular flexibility index (Phi) is 23.7. The van der Waals surface area contributed by atoms with Gasteiger partial charge in [0, 0.05) is 45.0 Å². The van der Waals surface area contributed by atoms with Crippen LogP contribution in [0.2, 0.25) is 0 Å². The van der Waals surface area contributed by atoms with Crippen LogP contribution in [-0.2, 0) is 23.7 Å². The molecule has 0 heterocycles. The summed E-state index contributed by atoms with van der Waals surface area (Å²) in [6.45, 7) is 13.8. The van der Waals surface area contributed by atoms with Crippen molar-refractivity contribution in [2.75, 3.05) is 23.0 Å². The van der Waals surface area contributed by atoms with Gasteiger partial charge < -0.3 is 19.3 Å². The Hall–Kier alpha value is -12.2. The Balaban J connectivity index is 0.748. The van der Waals surface area contributed by atoms with Crippen molar-refractivity contribution in [2.24, 2.45) is 0 Å². The first-order valence-corrected chi connectivity index (χ1v) is 41.8. The fourth-order valence-electron chi connectivity index (χ4n) is 18.2. The van der Waals surface area contributed by atoms with Crippen molar-refractivity contribution in [3.8, 4) is 67.1 Å². The fourth-order valence-corrected chi connectivity index (χ4v) is 18.2. The maximum atomic E-state index is 6.40. The highest BCUT2D eigenvalue weighted by Crippen LogP contribution is 2.59. The lowest BCUT2D eigenvalue weighted by atomic mass is 9.69. The molecule has 2 aliphatic rings. The Morgan fingerprint density at radius 3 is 1.12 bits per heavy atom. The molecule has 0 bridgehead atoms. The Bertz CT molecular complexity index is 5540. The number of rotatable bonds is 35. The Labute approximate surface area is 677 Å². The van der Waals surface area contributed by atoms with E-state index in [1.54, 1.807) is 0 Å². The SMILES string of the molecule is C=Cc1ccc(OCCCCC2(c3ccccc3)c3ccccc3-c3ccc(N(c4ccc(-c5ccccc5)cc4)c4ccc(-c5ccc(-c6cc(CCCCCC)c(N(c7ccccc7)c7ccc8c(c7)C(CCCCOc7ccc(C=C)cc7)(c7ccccc7)c7ccccc7-8)cc6CCCCCC)cc5)cc4)cc32)cc1. The third-order valence-electron chi connectivity index (χ3n) is 24.0. The van der Waals surface area contributed by atoms with E-state index in [1.165, 1.54) is 150 Å². The van der Waals surface area contributed by atoms with Crippen LogP contribution in [0.3, 0.4) is 0 Å². The third-order valence-corrected chi connectivity index (χ3v) is 24.0. The zero-order valence-electron chi connectivity index (χ0n) is 66.3. The molecule has 4 nitrogen and oxygen atoms in total. The normalized spacial score (nSPS) is 14.3. The molecule has 114 heavy (non-hydrogen) atoms. The van der Waals surface area contributed by atoms with Gasteiger partial charge in [-0.25, -0.2) is 0 Å². The Morgan fingerprint density at radius 2 is 0.658 bits per heavy atom. The maximum Gasteiger partial charge on any atom is 0.119 e. The van der Waals surface area contributed by atoms with Crippen molar-refractivity contribution in [1.82, 2.24) is 0 Å². The lowest BCUT2D eigenvalue weighted by molar-refractivity contribution is 0.301. The summed E-state index contributed by atoms with van der Waals surface area (Å²) < 4.78 is 12.8. The van der Waals surface area contributed by atoms with E-state index >= 15 is 0 Å². The van der Waals surface area contributed by atoms with E-state index in [-0.39, 0.29) is 5.41 Å². The number of ether oxygens (including phenoxy) is 2. The number of aryl methyl sites for hydroxylation is 2. The molecule has 0 aliphatic heterocycles. The summed E-state index contributed by atoms with van der Waals surface area (Å²) in [4.78, 5) is 5.07. The van der Waals surface area contributed by atoms with Crippen molar-refractivity contribution in [1.29, 1.82) is 0 Å². The quantitative estimate of drug-likeness (QED) is 0.0370. The van der Waals surface area contributed by atoms with Gasteiger partial charge in [0.15, 0.2) is 0 Å². The second-order valence-electron chi connectivity index (χ2n) is 31.1. The van der Waals surface area contributed by atoms with Crippen LogP contribution in [0.15, 0.2) is 353 Å². The van der Waals surface area contributed by atoms with E-state index < -0.39 is 5.41 Å². The van der Waals surface area contributed by atoms with Crippen LogP contribution < -0.4 is 19.3 Å². The van der Waals surface area contributed by atoms with Gasteiger partial charge in [0.2, 0.25) is 0 Å². The van der Waals surface area contributed by atoms with Gasteiger partial charge in [0.25, 0.3) is 0 Å². The number of anilines is 6. The summed E-state index contributed by atoms with van der Waals surface area (Å²) >= 11 is 0. The molecular weight excluding hydrogens is 1380 g/mol. The number of hydrogen-bond acceptors (Lipinski definition) is 4. The van der Waals surface area contributed by atoms with E-state index in [2.05, 4.69) is 364 Å². The van der Waals surface area contributed by atoms with E-state index in [1.807, 2.05) is 24.3 Å². The van der Waals surface area contributed by atoms with Crippen molar-refractivity contribution in [3.63, 3.8) is 0 Å². The van der Waals surface area contributed by atoms with E-state index in [0.29, 0.717) is 13.2 Å². The lowest BCUT2D eigenvalue weighted by Crippen LogP contribution is -2.27. The summed E-state index contributed by atoms with van der Waals surface area (Å²) in [5.74, 6) is 1.78. The molecule has 14 aromatic carbocycles. The minimum Gasteiger partial charge on any atom is -0.494 e. The van der Waals surface area contributed by atoms with Crippen LogP contribution in [0.4, 0.5) is 34.1 Å². The number of unbranched alkanes of at least 4 members (excludes halogenated alkanes) is 8. The first-order chi connectivity index (χ1) is 56.3. The average Bonchev–Trinajstić information content (AvgIpc) is 1.55. The van der Waals surface area contributed by atoms with E-state index in [9.17, 15) is 0 Å². The van der Waals surface area contributed by atoms with Crippen LogP contribution in [0, 0.1) is 0 Å². The van der Waals surface area contributed by atoms with Crippen molar-refractivity contribution < 1.29 is 9.47 Å². The average molecular weight is 1490 g/mol. The van der Waals surface area contributed by atoms with Gasteiger partial charge >= 0.3 is 0 Å². The molecule has 0 fully saturated rings. The van der Waals surface area contributed by atoms with Crippen LogP contribution in [0.25, 0.3) is 67.8 Å². The topological polar surface area (TPSA) is 24.9 Å². The first kappa shape index (κ1) is 75.8. The highest BCUT2D eigenvalue weighted by molar-refractivity contribution is 5.91. The molecule has 0 saturated heterocycles. The number of para-hydroxylation sites is 1. The van der Waals surface area contributed by atoms with E-state index in [4.69, 9.17) is 9.47 Å². The minimum atomic E-state index is -0.392. The van der Waals surface area contributed by atoms with Crippen LogP contribution in [0.5, 0.6) is 11.5 Å².